The van der Waals surface area contributed by atoms with Crippen LogP contribution >= 0.6 is 11.3 Å². The predicted octanol–water partition coefficient (Wildman–Crippen LogP) is 2.65. The lowest BCUT2D eigenvalue weighted by molar-refractivity contribution is 0.0750. The van der Waals surface area contributed by atoms with Crippen molar-refractivity contribution in [2.75, 3.05) is 36.4 Å². The van der Waals surface area contributed by atoms with E-state index in [0.717, 1.165) is 40.2 Å². The van der Waals surface area contributed by atoms with Gasteiger partial charge in [-0.25, -0.2) is 4.98 Å². The third-order valence-electron chi connectivity index (χ3n) is 4.59. The number of anilines is 3. The van der Waals surface area contributed by atoms with Crippen molar-refractivity contribution >= 4 is 34.6 Å². The van der Waals surface area contributed by atoms with Crippen molar-refractivity contribution < 1.29 is 4.79 Å². The van der Waals surface area contributed by atoms with Crippen LogP contribution in [-0.4, -0.2) is 57.2 Å². The highest BCUT2D eigenvalue weighted by molar-refractivity contribution is 7.13. The summed E-state index contributed by atoms with van der Waals surface area (Å²) in [7, 11) is 0. The van der Waals surface area contributed by atoms with Gasteiger partial charge in [-0.05, 0) is 38.1 Å². The third kappa shape index (κ3) is 3.94. The summed E-state index contributed by atoms with van der Waals surface area (Å²) in [6.45, 7) is 6.60. The number of pyridine rings is 1. The van der Waals surface area contributed by atoms with E-state index in [1.54, 1.807) is 12.4 Å². The number of amides is 1. The van der Waals surface area contributed by atoms with E-state index in [1.807, 2.05) is 43.0 Å². The molecule has 0 atom stereocenters. The van der Waals surface area contributed by atoms with Gasteiger partial charge >= 0.3 is 0 Å². The van der Waals surface area contributed by atoms with E-state index in [-0.39, 0.29) is 5.91 Å². The molecule has 1 aliphatic rings. The van der Waals surface area contributed by atoms with Crippen molar-refractivity contribution in [1.29, 1.82) is 0 Å². The van der Waals surface area contributed by atoms with Crippen molar-refractivity contribution in [2.24, 2.45) is 0 Å². The van der Waals surface area contributed by atoms with Gasteiger partial charge in [0.15, 0.2) is 11.6 Å². The molecule has 4 heterocycles. The number of carbonyl (C=O) groups excluding carboxylic acids is 1. The molecule has 0 aromatic carbocycles. The van der Waals surface area contributed by atoms with Gasteiger partial charge in [0.2, 0.25) is 0 Å². The van der Waals surface area contributed by atoms with Gasteiger partial charge in [0.05, 0.1) is 10.7 Å². The van der Waals surface area contributed by atoms with Crippen LogP contribution in [0, 0.1) is 13.8 Å². The first-order chi connectivity index (χ1) is 13.6. The van der Waals surface area contributed by atoms with Gasteiger partial charge < -0.3 is 15.1 Å². The number of aromatic nitrogens is 4. The van der Waals surface area contributed by atoms with Gasteiger partial charge in [-0.3, -0.25) is 9.78 Å². The lowest BCUT2D eigenvalue weighted by Gasteiger charge is -2.35. The van der Waals surface area contributed by atoms with Crippen molar-refractivity contribution in [3.8, 4) is 0 Å². The van der Waals surface area contributed by atoms with E-state index in [2.05, 4.69) is 30.4 Å². The van der Waals surface area contributed by atoms with Crippen LogP contribution in [0.25, 0.3) is 0 Å². The number of hydrogen-bond donors (Lipinski definition) is 1. The van der Waals surface area contributed by atoms with Gasteiger partial charge in [-0.15, -0.1) is 21.5 Å². The molecular weight excluding hydrogens is 374 g/mol. The Balaban J connectivity index is 1.36. The SMILES string of the molecule is Cc1nc(C)c(C(=O)N2CCN(c3ccc(Nc4ccncc4)nn3)CC2)s1. The summed E-state index contributed by atoms with van der Waals surface area (Å²) < 4.78 is 0. The van der Waals surface area contributed by atoms with Gasteiger partial charge in [0.1, 0.15) is 4.88 Å². The summed E-state index contributed by atoms with van der Waals surface area (Å²) in [6, 6.07) is 7.60. The zero-order chi connectivity index (χ0) is 19.5. The average Bonchev–Trinajstić information content (AvgIpc) is 3.07. The zero-order valence-electron chi connectivity index (χ0n) is 15.8. The predicted molar refractivity (Wildman–Crippen MR) is 109 cm³/mol. The monoisotopic (exact) mass is 395 g/mol. The van der Waals surface area contributed by atoms with Gasteiger partial charge in [-0.2, -0.15) is 0 Å². The first-order valence-electron chi connectivity index (χ1n) is 9.09. The molecular formula is C19H21N7OS. The number of rotatable bonds is 4. The summed E-state index contributed by atoms with van der Waals surface area (Å²) in [6.07, 6.45) is 3.44. The second-order valence-corrected chi connectivity index (χ2v) is 7.77. The van der Waals surface area contributed by atoms with Crippen molar-refractivity contribution in [3.63, 3.8) is 0 Å². The second kappa shape index (κ2) is 7.89. The van der Waals surface area contributed by atoms with Crippen LogP contribution in [0.3, 0.4) is 0 Å². The molecule has 0 unspecified atom stereocenters. The maximum atomic E-state index is 12.7. The number of carbonyl (C=O) groups is 1. The molecule has 0 radical (unpaired) electrons. The largest absolute Gasteiger partial charge is 0.352 e. The van der Waals surface area contributed by atoms with E-state index >= 15 is 0 Å². The van der Waals surface area contributed by atoms with Crippen LogP contribution in [0.5, 0.6) is 0 Å². The molecule has 0 spiro atoms. The summed E-state index contributed by atoms with van der Waals surface area (Å²) in [5.74, 6) is 1.57. The lowest BCUT2D eigenvalue weighted by atomic mass is 10.2. The molecule has 0 aliphatic carbocycles. The molecule has 0 saturated carbocycles. The quantitative estimate of drug-likeness (QED) is 0.727. The number of piperazine rings is 1. The summed E-state index contributed by atoms with van der Waals surface area (Å²) in [5.41, 5.74) is 1.73. The number of nitrogens with one attached hydrogen (secondary N) is 1. The van der Waals surface area contributed by atoms with Crippen LogP contribution in [0.1, 0.15) is 20.4 Å². The van der Waals surface area contributed by atoms with Crippen molar-refractivity contribution in [2.45, 2.75) is 13.8 Å². The molecule has 144 valence electrons. The third-order valence-corrected chi connectivity index (χ3v) is 5.65. The Morgan fingerprint density at radius 1 is 1.04 bits per heavy atom. The highest BCUT2D eigenvalue weighted by Gasteiger charge is 2.25. The highest BCUT2D eigenvalue weighted by atomic mass is 32.1. The Morgan fingerprint density at radius 3 is 2.39 bits per heavy atom. The van der Waals surface area contributed by atoms with Gasteiger partial charge in [-0.1, -0.05) is 0 Å². The van der Waals surface area contributed by atoms with Crippen molar-refractivity contribution in [1.82, 2.24) is 25.1 Å². The van der Waals surface area contributed by atoms with Gasteiger partial charge in [0.25, 0.3) is 5.91 Å². The molecule has 9 heteroatoms. The lowest BCUT2D eigenvalue weighted by Crippen LogP contribution is -2.49. The van der Waals surface area contributed by atoms with Gasteiger partial charge in [0, 0.05) is 44.3 Å². The molecule has 0 bridgehead atoms. The number of hydrogen-bond acceptors (Lipinski definition) is 8. The molecule has 3 aromatic rings. The number of aryl methyl sites for hydroxylation is 2. The Morgan fingerprint density at radius 2 is 1.79 bits per heavy atom. The summed E-state index contributed by atoms with van der Waals surface area (Å²) in [5, 5.41) is 12.7. The smallest absolute Gasteiger partial charge is 0.265 e. The Labute approximate surface area is 167 Å². The first kappa shape index (κ1) is 18.3. The molecule has 1 amide bonds. The topological polar surface area (TPSA) is 87.1 Å². The second-order valence-electron chi connectivity index (χ2n) is 6.56. The molecule has 3 aromatic heterocycles. The van der Waals surface area contributed by atoms with Crippen LogP contribution < -0.4 is 10.2 Å². The standard InChI is InChI=1S/C19H21N7OS/c1-13-18(28-14(2)21-13)19(27)26-11-9-25(10-12-26)17-4-3-16(23-24-17)22-15-5-7-20-8-6-15/h3-8H,9-12H2,1-2H3,(H,20,22,23). The van der Waals surface area contributed by atoms with Crippen LogP contribution in [0.2, 0.25) is 0 Å². The summed E-state index contributed by atoms with van der Waals surface area (Å²) >= 11 is 1.47. The minimum absolute atomic E-state index is 0.0748. The fourth-order valence-corrected chi connectivity index (χ4v) is 4.04. The fraction of sp³-hybridized carbons (Fsp3) is 0.316. The highest BCUT2D eigenvalue weighted by Crippen LogP contribution is 2.21. The van der Waals surface area contributed by atoms with Crippen molar-refractivity contribution in [3.05, 3.63) is 52.2 Å². The Kier molecular flexibility index (Phi) is 5.16. The molecule has 28 heavy (non-hydrogen) atoms. The van der Waals surface area contributed by atoms with Crippen LogP contribution in [0.4, 0.5) is 17.3 Å². The van der Waals surface area contributed by atoms with E-state index in [0.29, 0.717) is 18.9 Å². The first-order valence-corrected chi connectivity index (χ1v) is 9.91. The molecule has 1 aliphatic heterocycles. The minimum atomic E-state index is 0.0748. The summed E-state index contributed by atoms with van der Waals surface area (Å²) in [4.78, 5) is 25.9. The molecule has 1 fully saturated rings. The van der Waals surface area contributed by atoms with E-state index in [1.165, 1.54) is 11.3 Å². The number of nitrogens with zero attached hydrogens (tertiary/aromatic N) is 6. The zero-order valence-corrected chi connectivity index (χ0v) is 16.6. The maximum Gasteiger partial charge on any atom is 0.265 e. The molecule has 1 saturated heterocycles. The number of thiazole rings is 1. The minimum Gasteiger partial charge on any atom is -0.352 e. The molecule has 8 nitrogen and oxygen atoms in total. The normalized spacial score (nSPS) is 14.2. The fourth-order valence-electron chi connectivity index (χ4n) is 3.16. The Hall–Kier alpha value is -3.07. The Bertz CT molecular complexity index is 950. The molecule has 4 rings (SSSR count). The van der Waals surface area contributed by atoms with E-state index in [9.17, 15) is 4.79 Å². The van der Waals surface area contributed by atoms with E-state index < -0.39 is 0 Å². The maximum absolute atomic E-state index is 12.7. The molecule has 1 N–H and O–H groups in total. The van der Waals surface area contributed by atoms with Crippen LogP contribution in [0.15, 0.2) is 36.7 Å². The average molecular weight is 395 g/mol. The van der Waals surface area contributed by atoms with Crippen LogP contribution in [-0.2, 0) is 0 Å². The van der Waals surface area contributed by atoms with E-state index in [4.69, 9.17) is 0 Å².